The molecule has 0 radical (unpaired) electrons. The molecule has 2 aromatic heterocycles. The monoisotopic (exact) mass is 330 g/mol. The molecule has 0 aliphatic carbocycles. The van der Waals surface area contributed by atoms with Crippen molar-refractivity contribution in [2.45, 2.75) is 13.1 Å². The highest BCUT2D eigenvalue weighted by Gasteiger charge is 2.27. The Hall–Kier alpha value is -2.54. The zero-order valence-electron chi connectivity index (χ0n) is 13.3. The molecule has 0 fully saturated rings. The first-order valence-electron chi connectivity index (χ1n) is 7.76. The second kappa shape index (κ2) is 7.35. The van der Waals surface area contributed by atoms with Crippen LogP contribution in [0.3, 0.4) is 0 Å². The third kappa shape index (κ3) is 3.51. The van der Waals surface area contributed by atoms with E-state index in [0.717, 1.165) is 12.0 Å². The van der Waals surface area contributed by atoms with E-state index in [2.05, 4.69) is 16.5 Å². The van der Waals surface area contributed by atoms with E-state index >= 15 is 0 Å². The minimum Gasteiger partial charge on any atom is -0.377 e. The summed E-state index contributed by atoms with van der Waals surface area (Å²) >= 11 is 0. The molecular formula is C17H19FN4O2. The topological polar surface area (TPSA) is 60.2 Å². The Balaban J connectivity index is 1.82. The van der Waals surface area contributed by atoms with Gasteiger partial charge in [-0.1, -0.05) is 6.08 Å². The zero-order chi connectivity index (χ0) is 16.9. The average Bonchev–Trinajstić information content (AvgIpc) is 2.93. The SMILES string of the molecule is C=CCOCC1CN(C(=O)c2ccncc2F)Cc2nccn2C1. The highest BCUT2D eigenvalue weighted by atomic mass is 19.1. The van der Waals surface area contributed by atoms with Crippen LogP contribution in [0.2, 0.25) is 0 Å². The summed E-state index contributed by atoms with van der Waals surface area (Å²) in [5.74, 6) is -0.104. The van der Waals surface area contributed by atoms with E-state index < -0.39 is 5.82 Å². The van der Waals surface area contributed by atoms with Crippen LogP contribution in [0.15, 0.2) is 43.5 Å². The highest BCUT2D eigenvalue weighted by Crippen LogP contribution is 2.19. The number of hydrogen-bond donors (Lipinski definition) is 0. The van der Waals surface area contributed by atoms with Gasteiger partial charge < -0.3 is 14.2 Å². The summed E-state index contributed by atoms with van der Waals surface area (Å²) in [6.07, 6.45) is 7.75. The van der Waals surface area contributed by atoms with Crippen molar-refractivity contribution in [1.29, 1.82) is 0 Å². The smallest absolute Gasteiger partial charge is 0.257 e. The molecule has 24 heavy (non-hydrogen) atoms. The Morgan fingerprint density at radius 2 is 2.33 bits per heavy atom. The van der Waals surface area contributed by atoms with Gasteiger partial charge in [0.25, 0.3) is 5.91 Å². The molecule has 0 spiro atoms. The number of imidazole rings is 1. The Morgan fingerprint density at radius 3 is 3.12 bits per heavy atom. The van der Waals surface area contributed by atoms with E-state index in [1.165, 1.54) is 12.3 Å². The van der Waals surface area contributed by atoms with Gasteiger partial charge in [-0.15, -0.1) is 6.58 Å². The van der Waals surface area contributed by atoms with Crippen molar-refractivity contribution in [2.75, 3.05) is 19.8 Å². The molecule has 7 heteroatoms. The number of carbonyl (C=O) groups excluding carboxylic acids is 1. The lowest BCUT2D eigenvalue weighted by Crippen LogP contribution is -2.36. The van der Waals surface area contributed by atoms with Gasteiger partial charge in [-0.05, 0) is 6.07 Å². The van der Waals surface area contributed by atoms with Crippen LogP contribution >= 0.6 is 0 Å². The van der Waals surface area contributed by atoms with E-state index in [9.17, 15) is 9.18 Å². The zero-order valence-corrected chi connectivity index (χ0v) is 13.3. The molecule has 1 atom stereocenters. The van der Waals surface area contributed by atoms with Crippen molar-refractivity contribution in [2.24, 2.45) is 5.92 Å². The summed E-state index contributed by atoms with van der Waals surface area (Å²) in [7, 11) is 0. The quantitative estimate of drug-likeness (QED) is 0.620. The number of hydrogen-bond acceptors (Lipinski definition) is 4. The summed E-state index contributed by atoms with van der Waals surface area (Å²) in [6, 6.07) is 1.40. The summed E-state index contributed by atoms with van der Waals surface area (Å²) < 4.78 is 21.5. The first kappa shape index (κ1) is 16.3. The Morgan fingerprint density at radius 1 is 1.46 bits per heavy atom. The van der Waals surface area contributed by atoms with Crippen LogP contribution in [0.1, 0.15) is 16.2 Å². The van der Waals surface area contributed by atoms with Crippen LogP contribution in [-0.2, 0) is 17.8 Å². The van der Waals surface area contributed by atoms with Gasteiger partial charge in [0.05, 0.1) is 31.5 Å². The van der Waals surface area contributed by atoms with E-state index in [0.29, 0.717) is 32.8 Å². The van der Waals surface area contributed by atoms with Gasteiger partial charge in [-0.3, -0.25) is 9.78 Å². The van der Waals surface area contributed by atoms with Crippen LogP contribution in [-0.4, -0.2) is 45.1 Å². The van der Waals surface area contributed by atoms with Crippen molar-refractivity contribution in [3.63, 3.8) is 0 Å². The number of amides is 1. The number of ether oxygens (including phenoxy) is 1. The molecule has 0 saturated carbocycles. The second-order valence-corrected chi connectivity index (χ2v) is 5.73. The van der Waals surface area contributed by atoms with Crippen molar-refractivity contribution in [3.05, 3.63) is 60.7 Å². The summed E-state index contributed by atoms with van der Waals surface area (Å²) in [5, 5.41) is 0. The molecule has 0 bridgehead atoms. The molecule has 1 unspecified atom stereocenters. The van der Waals surface area contributed by atoms with Gasteiger partial charge in [0.15, 0.2) is 5.82 Å². The number of aromatic nitrogens is 3. The fourth-order valence-corrected chi connectivity index (χ4v) is 2.84. The van der Waals surface area contributed by atoms with Gasteiger partial charge in [0.1, 0.15) is 5.82 Å². The van der Waals surface area contributed by atoms with Crippen molar-refractivity contribution in [3.8, 4) is 0 Å². The van der Waals surface area contributed by atoms with Gasteiger partial charge in [0.2, 0.25) is 0 Å². The molecule has 126 valence electrons. The molecule has 0 saturated heterocycles. The predicted octanol–water partition coefficient (Wildman–Crippen LogP) is 1.89. The van der Waals surface area contributed by atoms with Crippen LogP contribution in [0.4, 0.5) is 4.39 Å². The number of carbonyl (C=O) groups is 1. The number of fused-ring (bicyclic) bond motifs is 1. The van der Waals surface area contributed by atoms with Crippen LogP contribution < -0.4 is 0 Å². The molecule has 0 aromatic carbocycles. The van der Waals surface area contributed by atoms with E-state index in [1.54, 1.807) is 17.2 Å². The Kier molecular flexibility index (Phi) is 5.00. The average molecular weight is 330 g/mol. The van der Waals surface area contributed by atoms with Gasteiger partial charge in [0, 0.05) is 37.6 Å². The standard InChI is InChI=1S/C17H19FN4O2/c1-2-7-24-12-13-9-21-6-5-20-16(21)11-22(10-13)17(23)14-3-4-19-8-15(14)18/h2-6,8,13H,1,7,9-12H2. The second-order valence-electron chi connectivity index (χ2n) is 5.73. The summed E-state index contributed by atoms with van der Waals surface area (Å²) in [4.78, 5) is 22.4. The normalized spacial score (nSPS) is 17.2. The van der Waals surface area contributed by atoms with Crippen molar-refractivity contribution < 1.29 is 13.9 Å². The van der Waals surface area contributed by atoms with Crippen LogP contribution in [0.5, 0.6) is 0 Å². The summed E-state index contributed by atoms with van der Waals surface area (Å²) in [5.41, 5.74) is 0.0239. The van der Waals surface area contributed by atoms with Gasteiger partial charge in [-0.2, -0.15) is 0 Å². The lowest BCUT2D eigenvalue weighted by Gasteiger charge is -2.24. The molecular weight excluding hydrogens is 311 g/mol. The van der Waals surface area contributed by atoms with Gasteiger partial charge >= 0.3 is 0 Å². The fraction of sp³-hybridized carbons (Fsp3) is 0.353. The molecule has 1 amide bonds. The van der Waals surface area contributed by atoms with E-state index in [1.807, 2.05) is 10.8 Å². The largest absolute Gasteiger partial charge is 0.377 e. The number of rotatable bonds is 5. The molecule has 6 nitrogen and oxygen atoms in total. The van der Waals surface area contributed by atoms with Crippen LogP contribution in [0, 0.1) is 11.7 Å². The Labute approximate surface area is 139 Å². The molecule has 2 aromatic rings. The molecule has 0 N–H and O–H groups in total. The number of nitrogens with zero attached hydrogens (tertiary/aromatic N) is 4. The minimum absolute atomic E-state index is 0.0239. The third-order valence-electron chi connectivity index (χ3n) is 3.95. The first-order valence-corrected chi connectivity index (χ1v) is 7.76. The van der Waals surface area contributed by atoms with Crippen molar-refractivity contribution >= 4 is 5.91 Å². The maximum atomic E-state index is 13.9. The molecule has 3 rings (SSSR count). The van der Waals surface area contributed by atoms with Crippen LogP contribution in [0.25, 0.3) is 0 Å². The first-order chi connectivity index (χ1) is 11.7. The van der Waals surface area contributed by atoms with E-state index in [4.69, 9.17) is 4.74 Å². The maximum absolute atomic E-state index is 13.9. The predicted molar refractivity (Wildman–Crippen MR) is 85.7 cm³/mol. The molecule has 1 aliphatic heterocycles. The highest BCUT2D eigenvalue weighted by molar-refractivity contribution is 5.94. The van der Waals surface area contributed by atoms with E-state index in [-0.39, 0.29) is 17.4 Å². The van der Waals surface area contributed by atoms with Crippen molar-refractivity contribution in [1.82, 2.24) is 19.4 Å². The Bertz CT molecular complexity index is 731. The lowest BCUT2D eigenvalue weighted by atomic mass is 10.1. The number of halogens is 1. The molecule has 1 aliphatic rings. The van der Waals surface area contributed by atoms with Gasteiger partial charge in [-0.25, -0.2) is 9.37 Å². The fourth-order valence-electron chi connectivity index (χ4n) is 2.84. The minimum atomic E-state index is -0.616. The number of pyridine rings is 1. The maximum Gasteiger partial charge on any atom is 0.257 e. The lowest BCUT2D eigenvalue weighted by molar-refractivity contribution is 0.0633. The summed E-state index contributed by atoms with van der Waals surface area (Å²) in [6.45, 7) is 6.10. The molecule has 3 heterocycles. The third-order valence-corrected chi connectivity index (χ3v) is 3.95.